The summed E-state index contributed by atoms with van der Waals surface area (Å²) in [4.78, 5) is 50.6. The van der Waals surface area contributed by atoms with Crippen LogP contribution in [0.1, 0.15) is 30.0 Å². The molecule has 0 spiro atoms. The molecule has 3 aromatic rings. The van der Waals surface area contributed by atoms with E-state index >= 15 is 0 Å². The number of carboxylic acids is 1. The van der Waals surface area contributed by atoms with Crippen LogP contribution in [0.3, 0.4) is 0 Å². The maximum absolute atomic E-state index is 13.7. The van der Waals surface area contributed by atoms with Gasteiger partial charge in [-0.3, -0.25) is 14.4 Å². The van der Waals surface area contributed by atoms with Crippen molar-refractivity contribution >= 4 is 23.8 Å². The molecule has 0 aliphatic rings. The SMILES string of the molecule is COC(=O)C(C(=O)OC)[C@H](C)[C@H](NC(=O)CC(c1ccccc1)(c1ccccc1)c1ccccc1)C(=O)O. The molecule has 0 aromatic heterocycles. The largest absolute Gasteiger partial charge is 0.480 e. The summed E-state index contributed by atoms with van der Waals surface area (Å²) in [6.07, 6.45) is -0.136. The number of ether oxygens (including phenoxy) is 2. The minimum absolute atomic E-state index is 0.136. The number of hydrogen-bond donors (Lipinski definition) is 2. The molecule has 3 rings (SSSR count). The first-order valence-electron chi connectivity index (χ1n) is 12.1. The molecule has 0 bridgehead atoms. The maximum Gasteiger partial charge on any atom is 0.326 e. The Bertz CT molecular complexity index is 1130. The highest BCUT2D eigenvalue weighted by atomic mass is 16.5. The first kappa shape index (κ1) is 28.1. The van der Waals surface area contributed by atoms with Crippen LogP contribution in [0.5, 0.6) is 0 Å². The van der Waals surface area contributed by atoms with Crippen molar-refractivity contribution in [3.63, 3.8) is 0 Å². The Hall–Kier alpha value is -4.46. The Morgan fingerprint density at radius 2 is 1.11 bits per heavy atom. The second-order valence-electron chi connectivity index (χ2n) is 8.95. The maximum atomic E-state index is 13.7. The van der Waals surface area contributed by atoms with Crippen molar-refractivity contribution in [2.75, 3.05) is 14.2 Å². The highest BCUT2D eigenvalue weighted by Gasteiger charge is 2.44. The zero-order chi connectivity index (χ0) is 27.7. The Balaban J connectivity index is 2.07. The number of carboxylic acid groups (broad SMARTS) is 1. The summed E-state index contributed by atoms with van der Waals surface area (Å²) in [6, 6.07) is 26.9. The van der Waals surface area contributed by atoms with Crippen LogP contribution < -0.4 is 5.32 Å². The van der Waals surface area contributed by atoms with Gasteiger partial charge in [-0.25, -0.2) is 4.79 Å². The van der Waals surface area contributed by atoms with Gasteiger partial charge >= 0.3 is 17.9 Å². The third kappa shape index (κ3) is 5.91. The van der Waals surface area contributed by atoms with Crippen LogP contribution in [0.15, 0.2) is 91.0 Å². The molecule has 8 heteroatoms. The molecule has 1 amide bonds. The second-order valence-corrected chi connectivity index (χ2v) is 8.95. The fourth-order valence-electron chi connectivity index (χ4n) is 4.83. The van der Waals surface area contributed by atoms with Gasteiger partial charge in [0.2, 0.25) is 5.91 Å². The molecule has 2 N–H and O–H groups in total. The number of hydrogen-bond acceptors (Lipinski definition) is 6. The summed E-state index contributed by atoms with van der Waals surface area (Å²) in [7, 11) is 2.18. The number of rotatable bonds is 11. The van der Waals surface area contributed by atoms with Crippen molar-refractivity contribution in [3.8, 4) is 0 Å². The van der Waals surface area contributed by atoms with Crippen molar-refractivity contribution in [2.45, 2.75) is 24.8 Å². The zero-order valence-electron chi connectivity index (χ0n) is 21.5. The first-order chi connectivity index (χ1) is 18.3. The Labute approximate surface area is 221 Å². The number of amides is 1. The quantitative estimate of drug-likeness (QED) is 0.227. The summed E-state index contributed by atoms with van der Waals surface area (Å²) >= 11 is 0. The van der Waals surface area contributed by atoms with Crippen molar-refractivity contribution < 1.29 is 33.8 Å². The fraction of sp³-hybridized carbons (Fsp3) is 0.267. The van der Waals surface area contributed by atoms with Gasteiger partial charge < -0.3 is 19.9 Å². The lowest BCUT2D eigenvalue weighted by atomic mass is 9.67. The van der Waals surface area contributed by atoms with Gasteiger partial charge in [0.1, 0.15) is 6.04 Å². The summed E-state index contributed by atoms with van der Waals surface area (Å²) in [5.74, 6) is -6.55. The van der Waals surface area contributed by atoms with E-state index in [1.165, 1.54) is 6.92 Å². The van der Waals surface area contributed by atoms with E-state index in [1.807, 2.05) is 91.0 Å². The number of benzene rings is 3. The van der Waals surface area contributed by atoms with E-state index in [4.69, 9.17) is 9.47 Å². The fourth-order valence-corrected chi connectivity index (χ4v) is 4.83. The highest BCUT2D eigenvalue weighted by Crippen LogP contribution is 2.42. The van der Waals surface area contributed by atoms with Gasteiger partial charge in [-0.15, -0.1) is 0 Å². The molecule has 0 aliphatic carbocycles. The summed E-state index contributed by atoms with van der Waals surface area (Å²) in [5, 5.41) is 12.5. The smallest absolute Gasteiger partial charge is 0.326 e. The summed E-state index contributed by atoms with van der Waals surface area (Å²) < 4.78 is 9.40. The average molecular weight is 518 g/mol. The lowest BCUT2D eigenvalue weighted by Crippen LogP contribution is -2.51. The summed E-state index contributed by atoms with van der Waals surface area (Å²) in [6.45, 7) is 1.39. The van der Waals surface area contributed by atoms with Crippen LogP contribution in [0.2, 0.25) is 0 Å². The van der Waals surface area contributed by atoms with Gasteiger partial charge in [-0.05, 0) is 16.7 Å². The van der Waals surface area contributed by atoms with Gasteiger partial charge in [-0.1, -0.05) is 97.9 Å². The Morgan fingerprint density at radius 3 is 1.42 bits per heavy atom. The monoisotopic (exact) mass is 517 g/mol. The van der Waals surface area contributed by atoms with E-state index in [9.17, 15) is 24.3 Å². The normalized spacial score (nSPS) is 12.7. The molecule has 0 fully saturated rings. The molecule has 0 heterocycles. The van der Waals surface area contributed by atoms with E-state index in [2.05, 4.69) is 5.32 Å². The topological polar surface area (TPSA) is 119 Å². The van der Waals surface area contributed by atoms with Crippen LogP contribution >= 0.6 is 0 Å². The standard InChI is InChI=1S/C30H31NO7/c1-20(25(28(35)37-2)29(36)38-3)26(27(33)34)31-24(32)19-30(21-13-7-4-8-14-21,22-15-9-5-10-16-22)23-17-11-6-12-18-23/h4-18,20,25-26H,19H2,1-3H3,(H,31,32)(H,33,34)/t20-,26-/m0/s1. The Kier molecular flexibility index (Phi) is 9.38. The number of carbonyl (C=O) groups is 4. The highest BCUT2D eigenvalue weighted by molar-refractivity contribution is 5.96. The minimum Gasteiger partial charge on any atom is -0.480 e. The van der Waals surface area contributed by atoms with Gasteiger partial charge in [0.25, 0.3) is 0 Å². The second kappa shape index (κ2) is 12.7. The predicted octanol–water partition coefficient (Wildman–Crippen LogP) is 3.58. The average Bonchev–Trinajstić information content (AvgIpc) is 2.95. The number of esters is 2. The predicted molar refractivity (Wildman–Crippen MR) is 140 cm³/mol. The van der Waals surface area contributed by atoms with Gasteiger partial charge in [0.05, 0.1) is 19.6 Å². The molecule has 0 aliphatic heterocycles. The molecule has 0 saturated carbocycles. The van der Waals surface area contributed by atoms with Crippen LogP contribution in [-0.2, 0) is 34.1 Å². The van der Waals surface area contributed by atoms with E-state index in [1.54, 1.807) is 0 Å². The molecule has 0 unspecified atom stereocenters. The summed E-state index contributed by atoms with van der Waals surface area (Å²) in [5.41, 5.74) is 1.57. The minimum atomic E-state index is -1.56. The molecule has 0 saturated heterocycles. The van der Waals surface area contributed by atoms with E-state index < -0.39 is 47.1 Å². The first-order valence-corrected chi connectivity index (χ1v) is 12.1. The van der Waals surface area contributed by atoms with Crippen molar-refractivity contribution in [1.82, 2.24) is 5.32 Å². The van der Waals surface area contributed by atoms with Crippen molar-refractivity contribution in [3.05, 3.63) is 108 Å². The van der Waals surface area contributed by atoms with Crippen LogP contribution in [0.4, 0.5) is 0 Å². The van der Waals surface area contributed by atoms with Gasteiger partial charge in [0, 0.05) is 12.3 Å². The van der Waals surface area contributed by atoms with Crippen LogP contribution in [-0.4, -0.2) is 49.2 Å². The van der Waals surface area contributed by atoms with Crippen LogP contribution in [0.25, 0.3) is 0 Å². The molecule has 0 radical (unpaired) electrons. The molecule has 198 valence electrons. The number of nitrogens with one attached hydrogen (secondary N) is 1. The lowest BCUT2D eigenvalue weighted by Gasteiger charge is -2.36. The van der Waals surface area contributed by atoms with Gasteiger partial charge in [0.15, 0.2) is 5.92 Å². The Morgan fingerprint density at radius 1 is 0.737 bits per heavy atom. The third-order valence-corrected chi connectivity index (χ3v) is 6.77. The van der Waals surface area contributed by atoms with Gasteiger partial charge in [-0.2, -0.15) is 0 Å². The lowest BCUT2D eigenvalue weighted by molar-refractivity contribution is -0.163. The molecule has 38 heavy (non-hydrogen) atoms. The number of aliphatic carboxylic acids is 1. The molecule has 2 atom stereocenters. The zero-order valence-corrected chi connectivity index (χ0v) is 21.5. The van der Waals surface area contributed by atoms with E-state index in [-0.39, 0.29) is 6.42 Å². The molecular weight excluding hydrogens is 486 g/mol. The number of carbonyl (C=O) groups excluding carboxylic acids is 3. The molecule has 3 aromatic carbocycles. The number of methoxy groups -OCH3 is 2. The van der Waals surface area contributed by atoms with Crippen molar-refractivity contribution in [2.24, 2.45) is 11.8 Å². The third-order valence-electron chi connectivity index (χ3n) is 6.77. The molecule has 8 nitrogen and oxygen atoms in total. The van der Waals surface area contributed by atoms with Crippen LogP contribution in [0, 0.1) is 11.8 Å². The van der Waals surface area contributed by atoms with E-state index in [0.717, 1.165) is 30.9 Å². The van der Waals surface area contributed by atoms with E-state index in [0.29, 0.717) is 0 Å². The van der Waals surface area contributed by atoms with Crippen molar-refractivity contribution in [1.29, 1.82) is 0 Å². The molecular formula is C30H31NO7.